The van der Waals surface area contributed by atoms with Crippen molar-refractivity contribution in [3.05, 3.63) is 94.5 Å². The van der Waals surface area contributed by atoms with Gasteiger partial charge in [0.2, 0.25) is 15.9 Å². The number of hydrogen-bond acceptors (Lipinski definition) is 4. The number of rotatable bonds is 10. The summed E-state index contributed by atoms with van der Waals surface area (Å²) in [6, 6.07) is 21.8. The number of benzene rings is 3. The largest absolute Gasteiger partial charge is 0.494 e. The highest BCUT2D eigenvalue weighted by Crippen LogP contribution is 2.19. The molecule has 174 valence electrons. The van der Waals surface area contributed by atoms with E-state index < -0.39 is 22.0 Å². The lowest BCUT2D eigenvalue weighted by Crippen LogP contribution is -2.48. The van der Waals surface area contributed by atoms with Gasteiger partial charge in [-0.2, -0.15) is 4.72 Å². The third kappa shape index (κ3) is 7.15. The van der Waals surface area contributed by atoms with Crippen molar-refractivity contribution >= 4 is 31.9 Å². The highest BCUT2D eigenvalue weighted by molar-refractivity contribution is 9.10. The topological polar surface area (TPSA) is 84.5 Å². The molecule has 0 radical (unpaired) electrons. The van der Waals surface area contributed by atoms with Crippen LogP contribution in [-0.2, 0) is 21.2 Å². The van der Waals surface area contributed by atoms with Crippen molar-refractivity contribution in [2.45, 2.75) is 37.2 Å². The van der Waals surface area contributed by atoms with Crippen molar-refractivity contribution < 1.29 is 17.9 Å². The van der Waals surface area contributed by atoms with Gasteiger partial charge in [0.15, 0.2) is 0 Å². The van der Waals surface area contributed by atoms with E-state index >= 15 is 0 Å². The highest BCUT2D eigenvalue weighted by atomic mass is 79.9. The van der Waals surface area contributed by atoms with Crippen LogP contribution in [0.25, 0.3) is 0 Å². The maximum atomic E-state index is 13.2. The molecule has 2 N–H and O–H groups in total. The Morgan fingerprint density at radius 3 is 2.21 bits per heavy atom. The van der Waals surface area contributed by atoms with E-state index in [9.17, 15) is 13.2 Å². The molecule has 0 unspecified atom stereocenters. The fourth-order valence-electron chi connectivity index (χ4n) is 3.32. The molecule has 0 heterocycles. The molecule has 3 aromatic carbocycles. The lowest BCUT2D eigenvalue weighted by Gasteiger charge is -2.22. The Bertz CT molecular complexity index is 1150. The van der Waals surface area contributed by atoms with E-state index in [0.29, 0.717) is 12.4 Å². The molecule has 0 bridgehead atoms. The second-order valence-electron chi connectivity index (χ2n) is 7.55. The zero-order valence-electron chi connectivity index (χ0n) is 18.5. The van der Waals surface area contributed by atoms with Crippen molar-refractivity contribution in [3.63, 3.8) is 0 Å². The quantitative estimate of drug-likeness (QED) is 0.400. The van der Waals surface area contributed by atoms with Crippen molar-refractivity contribution in [1.82, 2.24) is 10.0 Å². The van der Waals surface area contributed by atoms with Gasteiger partial charge in [0.1, 0.15) is 11.8 Å². The first-order valence-electron chi connectivity index (χ1n) is 10.6. The Morgan fingerprint density at radius 2 is 1.61 bits per heavy atom. The molecule has 0 saturated heterocycles. The summed E-state index contributed by atoms with van der Waals surface area (Å²) in [6.07, 6.45) is 0.218. The number of nitrogens with one attached hydrogen (secondary N) is 2. The van der Waals surface area contributed by atoms with Gasteiger partial charge < -0.3 is 10.1 Å². The lowest BCUT2D eigenvalue weighted by atomic mass is 10.0. The second kappa shape index (κ2) is 11.4. The van der Waals surface area contributed by atoms with Gasteiger partial charge in [0.05, 0.1) is 17.5 Å². The molecular weight excluding hydrogens is 504 g/mol. The number of hydrogen-bond donors (Lipinski definition) is 2. The fourth-order valence-corrected chi connectivity index (χ4v) is 4.78. The molecule has 0 aliphatic heterocycles. The molecule has 0 fully saturated rings. The molecule has 0 aromatic heterocycles. The van der Waals surface area contributed by atoms with Crippen LogP contribution in [0.4, 0.5) is 0 Å². The van der Waals surface area contributed by atoms with Crippen molar-refractivity contribution in [3.8, 4) is 5.75 Å². The summed E-state index contributed by atoms with van der Waals surface area (Å²) in [6.45, 7) is 4.20. The maximum Gasteiger partial charge on any atom is 0.241 e. The summed E-state index contributed by atoms with van der Waals surface area (Å²) in [5, 5.41) is 2.93. The van der Waals surface area contributed by atoms with Crippen LogP contribution in [-0.4, -0.2) is 27.0 Å². The van der Waals surface area contributed by atoms with Crippen LogP contribution in [0.5, 0.6) is 5.75 Å². The lowest BCUT2D eigenvalue weighted by molar-refractivity contribution is -0.123. The van der Waals surface area contributed by atoms with Gasteiger partial charge >= 0.3 is 0 Å². The van der Waals surface area contributed by atoms with Crippen LogP contribution in [0.15, 0.2) is 88.2 Å². The second-order valence-corrected chi connectivity index (χ2v) is 10.2. The minimum Gasteiger partial charge on any atom is -0.494 e. The minimum atomic E-state index is -3.93. The Hall–Kier alpha value is -2.68. The van der Waals surface area contributed by atoms with Gasteiger partial charge in [-0.25, -0.2) is 8.42 Å². The molecule has 0 saturated carbocycles. The zero-order valence-corrected chi connectivity index (χ0v) is 20.9. The molecule has 0 spiro atoms. The monoisotopic (exact) mass is 530 g/mol. The van der Waals surface area contributed by atoms with E-state index in [1.165, 1.54) is 12.1 Å². The van der Waals surface area contributed by atoms with E-state index in [-0.39, 0.29) is 17.4 Å². The van der Waals surface area contributed by atoms with Crippen LogP contribution >= 0.6 is 15.9 Å². The first-order valence-corrected chi connectivity index (χ1v) is 12.9. The fraction of sp³-hybridized carbons (Fsp3) is 0.240. The number of ether oxygens (including phenoxy) is 1. The van der Waals surface area contributed by atoms with Gasteiger partial charge in [-0.3, -0.25) is 4.79 Å². The predicted octanol–water partition coefficient (Wildman–Crippen LogP) is 4.61. The summed E-state index contributed by atoms with van der Waals surface area (Å²) in [5.41, 5.74) is 1.77. The summed E-state index contributed by atoms with van der Waals surface area (Å²) in [7, 11) is -3.93. The summed E-state index contributed by atoms with van der Waals surface area (Å²) < 4.78 is 35.0. The van der Waals surface area contributed by atoms with E-state index in [1.807, 2.05) is 68.4 Å². The van der Waals surface area contributed by atoms with Crippen molar-refractivity contribution in [1.29, 1.82) is 0 Å². The number of carbonyl (C=O) groups is 1. The molecule has 1 amide bonds. The number of amides is 1. The predicted molar refractivity (Wildman–Crippen MR) is 133 cm³/mol. The third-order valence-corrected chi connectivity index (χ3v) is 7.09. The van der Waals surface area contributed by atoms with E-state index in [1.54, 1.807) is 12.1 Å². The van der Waals surface area contributed by atoms with E-state index in [0.717, 1.165) is 15.6 Å². The van der Waals surface area contributed by atoms with Gasteiger partial charge in [-0.1, -0.05) is 58.4 Å². The number of halogens is 1. The molecule has 33 heavy (non-hydrogen) atoms. The van der Waals surface area contributed by atoms with Crippen molar-refractivity contribution in [2.75, 3.05) is 6.61 Å². The average molecular weight is 531 g/mol. The summed E-state index contributed by atoms with van der Waals surface area (Å²) in [4.78, 5) is 13.2. The smallest absolute Gasteiger partial charge is 0.241 e. The zero-order chi connectivity index (χ0) is 23.8. The van der Waals surface area contributed by atoms with Gasteiger partial charge in [0, 0.05) is 4.47 Å². The standard InChI is InChI=1S/C25H27BrN2O4S/c1-3-32-22-13-15-23(16-14-22)33(30,31)28-24(17-19-7-5-4-6-8-19)25(29)27-18(2)20-9-11-21(26)12-10-20/h4-16,18,24,28H,3,17H2,1-2H3,(H,27,29)/t18-,24+/m0/s1. The molecule has 2 atom stereocenters. The van der Waals surface area contributed by atoms with Crippen molar-refractivity contribution in [2.24, 2.45) is 0 Å². The normalized spacial score (nSPS) is 13.2. The number of sulfonamides is 1. The van der Waals surface area contributed by atoms with Crippen LogP contribution < -0.4 is 14.8 Å². The Kier molecular flexibility index (Phi) is 8.66. The van der Waals surface area contributed by atoms with Gasteiger partial charge in [-0.15, -0.1) is 0 Å². The maximum absolute atomic E-state index is 13.2. The Morgan fingerprint density at radius 1 is 0.970 bits per heavy atom. The molecule has 0 aliphatic rings. The summed E-state index contributed by atoms with van der Waals surface area (Å²) in [5.74, 6) is 0.183. The minimum absolute atomic E-state index is 0.0674. The molecule has 0 aliphatic carbocycles. The molecule has 6 nitrogen and oxygen atoms in total. The van der Waals surface area contributed by atoms with Crippen LogP contribution in [0.2, 0.25) is 0 Å². The molecule has 8 heteroatoms. The SMILES string of the molecule is CCOc1ccc(S(=O)(=O)N[C@H](Cc2ccccc2)C(=O)N[C@@H](C)c2ccc(Br)cc2)cc1. The van der Waals surface area contributed by atoms with E-state index in [2.05, 4.69) is 26.0 Å². The Balaban J connectivity index is 1.80. The highest BCUT2D eigenvalue weighted by Gasteiger charge is 2.27. The average Bonchev–Trinajstić information content (AvgIpc) is 2.80. The third-order valence-electron chi connectivity index (χ3n) is 5.07. The first-order chi connectivity index (χ1) is 15.8. The van der Waals surface area contributed by atoms with Crippen LogP contribution in [0, 0.1) is 0 Å². The van der Waals surface area contributed by atoms with Gasteiger partial charge in [0.25, 0.3) is 0 Å². The molecular formula is C25H27BrN2O4S. The first kappa shape index (κ1) is 25.0. The molecule has 3 rings (SSSR count). The van der Waals surface area contributed by atoms with Crippen LogP contribution in [0.3, 0.4) is 0 Å². The van der Waals surface area contributed by atoms with Crippen LogP contribution in [0.1, 0.15) is 31.0 Å². The van der Waals surface area contributed by atoms with Gasteiger partial charge in [-0.05, 0) is 67.8 Å². The number of carbonyl (C=O) groups excluding carboxylic acids is 1. The Labute approximate surface area is 203 Å². The van der Waals surface area contributed by atoms with E-state index in [4.69, 9.17) is 4.74 Å². The summed E-state index contributed by atoms with van der Waals surface area (Å²) >= 11 is 3.40. The molecule has 3 aromatic rings.